The van der Waals surface area contributed by atoms with Gasteiger partial charge in [0.25, 0.3) is 0 Å². The van der Waals surface area contributed by atoms with Crippen molar-refractivity contribution in [1.82, 2.24) is 9.80 Å². The molecule has 2 fully saturated rings. The number of likely N-dealkylation sites (tertiary alicyclic amines) is 2. The Kier molecular flexibility index (Phi) is 2.84. The van der Waals surface area contributed by atoms with Crippen LogP contribution in [0.5, 0.6) is 0 Å². The Morgan fingerprint density at radius 3 is 2.71 bits per heavy atom. The fraction of sp³-hybridized carbons (Fsp3) is 0.636. The predicted octanol–water partition coefficient (Wildman–Crippen LogP) is -0.637. The summed E-state index contributed by atoms with van der Waals surface area (Å²) >= 11 is 0. The van der Waals surface area contributed by atoms with Crippen molar-refractivity contribution in [2.45, 2.75) is 12.8 Å². The van der Waals surface area contributed by atoms with Gasteiger partial charge in [0.15, 0.2) is 0 Å². The summed E-state index contributed by atoms with van der Waals surface area (Å²) in [6.45, 7) is 0.717. The van der Waals surface area contributed by atoms with Crippen LogP contribution in [0, 0.1) is 23.2 Å². The molecule has 2 atom stereocenters. The fourth-order valence-corrected chi connectivity index (χ4v) is 2.51. The molecule has 6 heteroatoms. The molecule has 0 aliphatic carbocycles. The van der Waals surface area contributed by atoms with E-state index < -0.39 is 5.92 Å². The molecular formula is C11H13N3O3. The molecule has 3 amide bonds. The molecule has 2 heterocycles. The monoisotopic (exact) mass is 235 g/mol. The first kappa shape index (κ1) is 11.6. The van der Waals surface area contributed by atoms with Gasteiger partial charge in [-0.25, -0.2) is 0 Å². The lowest BCUT2D eigenvalue weighted by Crippen LogP contribution is -2.44. The number of nitriles is 1. The molecule has 0 spiro atoms. The van der Waals surface area contributed by atoms with E-state index in [4.69, 9.17) is 5.26 Å². The van der Waals surface area contributed by atoms with Crippen LogP contribution in [-0.4, -0.2) is 47.7 Å². The zero-order valence-electron chi connectivity index (χ0n) is 9.55. The van der Waals surface area contributed by atoms with Crippen LogP contribution in [-0.2, 0) is 14.4 Å². The van der Waals surface area contributed by atoms with Crippen LogP contribution in [0.15, 0.2) is 0 Å². The topological polar surface area (TPSA) is 81.5 Å². The molecule has 0 N–H and O–H groups in total. The van der Waals surface area contributed by atoms with Crippen LogP contribution in [0.3, 0.4) is 0 Å². The van der Waals surface area contributed by atoms with Crippen molar-refractivity contribution in [2.75, 3.05) is 20.1 Å². The van der Waals surface area contributed by atoms with Crippen molar-refractivity contribution < 1.29 is 14.4 Å². The van der Waals surface area contributed by atoms with Crippen molar-refractivity contribution in [1.29, 1.82) is 5.26 Å². The third-order valence-electron chi connectivity index (χ3n) is 3.49. The average Bonchev–Trinajstić information content (AvgIpc) is 2.55. The van der Waals surface area contributed by atoms with Crippen molar-refractivity contribution in [2.24, 2.45) is 11.8 Å². The Hall–Kier alpha value is -1.90. The molecule has 2 saturated heterocycles. The molecule has 90 valence electrons. The van der Waals surface area contributed by atoms with E-state index in [1.807, 2.05) is 0 Å². The number of rotatable bonds is 1. The minimum atomic E-state index is -0.413. The highest BCUT2D eigenvalue weighted by Crippen LogP contribution is 2.32. The normalized spacial score (nSPS) is 28.0. The maximum atomic E-state index is 11.8. The van der Waals surface area contributed by atoms with E-state index >= 15 is 0 Å². The number of nitrogens with zero attached hydrogens (tertiary/aromatic N) is 3. The van der Waals surface area contributed by atoms with Gasteiger partial charge in [0, 0.05) is 20.1 Å². The Morgan fingerprint density at radius 2 is 2.06 bits per heavy atom. The molecule has 0 aromatic carbocycles. The fourth-order valence-electron chi connectivity index (χ4n) is 2.51. The van der Waals surface area contributed by atoms with E-state index in [1.54, 1.807) is 6.07 Å². The lowest BCUT2D eigenvalue weighted by Gasteiger charge is -2.31. The number of hydrogen-bond donors (Lipinski definition) is 0. The maximum absolute atomic E-state index is 11.8. The van der Waals surface area contributed by atoms with E-state index in [0.29, 0.717) is 13.0 Å². The SMILES string of the molecule is CN1C(=O)[C@H]2CCN(C(=O)CC#N)C[C@H]2C1=O. The second-order valence-corrected chi connectivity index (χ2v) is 4.41. The first-order valence-corrected chi connectivity index (χ1v) is 5.52. The van der Waals surface area contributed by atoms with Gasteiger partial charge in [-0.2, -0.15) is 5.26 Å². The summed E-state index contributed by atoms with van der Waals surface area (Å²) in [6, 6.07) is 1.80. The predicted molar refractivity (Wildman–Crippen MR) is 56.2 cm³/mol. The quantitative estimate of drug-likeness (QED) is 0.566. The number of amides is 3. The van der Waals surface area contributed by atoms with E-state index in [2.05, 4.69) is 0 Å². The standard InChI is InChI=1S/C11H13N3O3/c1-13-10(16)7-3-5-14(9(15)2-4-12)6-8(7)11(13)17/h7-8H,2-3,5-6H2,1H3/t7-,8+/m0/s1. The molecule has 0 bridgehead atoms. The second kappa shape index (κ2) is 4.17. The molecule has 6 nitrogen and oxygen atoms in total. The van der Waals surface area contributed by atoms with Gasteiger partial charge in [-0.3, -0.25) is 19.3 Å². The van der Waals surface area contributed by atoms with E-state index in [9.17, 15) is 14.4 Å². The zero-order chi connectivity index (χ0) is 12.6. The van der Waals surface area contributed by atoms with Gasteiger partial charge in [0.05, 0.1) is 17.9 Å². The lowest BCUT2D eigenvalue weighted by atomic mass is 9.87. The van der Waals surface area contributed by atoms with E-state index in [-0.39, 0.29) is 36.6 Å². The number of hydrogen-bond acceptors (Lipinski definition) is 4. The summed E-state index contributed by atoms with van der Waals surface area (Å²) in [6.07, 6.45) is 0.339. The number of fused-ring (bicyclic) bond motifs is 1. The Balaban J connectivity index is 2.10. The van der Waals surface area contributed by atoms with Gasteiger partial charge in [-0.1, -0.05) is 0 Å². The summed E-state index contributed by atoms with van der Waals surface area (Å²) in [4.78, 5) is 37.7. The second-order valence-electron chi connectivity index (χ2n) is 4.41. The van der Waals surface area contributed by atoms with Crippen molar-refractivity contribution in [3.8, 4) is 6.07 Å². The molecule has 0 aromatic rings. The summed E-state index contributed by atoms with van der Waals surface area (Å²) < 4.78 is 0. The first-order valence-electron chi connectivity index (χ1n) is 5.52. The summed E-state index contributed by atoms with van der Waals surface area (Å²) in [5.74, 6) is -1.31. The molecular weight excluding hydrogens is 222 g/mol. The van der Waals surface area contributed by atoms with Gasteiger partial charge in [0.1, 0.15) is 6.42 Å². The van der Waals surface area contributed by atoms with Crippen molar-refractivity contribution in [3.63, 3.8) is 0 Å². The molecule has 2 rings (SSSR count). The maximum Gasteiger partial charge on any atom is 0.236 e. The largest absolute Gasteiger partial charge is 0.341 e. The van der Waals surface area contributed by atoms with E-state index in [0.717, 1.165) is 4.90 Å². The minimum absolute atomic E-state index is 0.146. The average molecular weight is 235 g/mol. The molecule has 2 aliphatic heterocycles. The van der Waals surface area contributed by atoms with Gasteiger partial charge in [-0.05, 0) is 6.42 Å². The smallest absolute Gasteiger partial charge is 0.236 e. The molecule has 0 saturated carbocycles. The Morgan fingerprint density at radius 1 is 1.41 bits per heavy atom. The number of carbonyl (C=O) groups excluding carboxylic acids is 3. The number of carbonyl (C=O) groups is 3. The number of piperidine rings is 1. The van der Waals surface area contributed by atoms with Gasteiger partial charge in [0.2, 0.25) is 17.7 Å². The first-order chi connectivity index (χ1) is 8.06. The Labute approximate surface area is 98.8 Å². The van der Waals surface area contributed by atoms with Crippen molar-refractivity contribution >= 4 is 17.7 Å². The molecule has 0 aromatic heterocycles. The highest BCUT2D eigenvalue weighted by Gasteiger charge is 2.48. The summed E-state index contributed by atoms with van der Waals surface area (Å²) in [7, 11) is 1.48. The van der Waals surface area contributed by atoms with Crippen LogP contribution in [0.4, 0.5) is 0 Å². The van der Waals surface area contributed by atoms with Gasteiger partial charge < -0.3 is 4.90 Å². The Bertz CT molecular complexity index is 426. The highest BCUT2D eigenvalue weighted by molar-refractivity contribution is 6.05. The third kappa shape index (κ3) is 1.78. The minimum Gasteiger partial charge on any atom is -0.341 e. The van der Waals surface area contributed by atoms with Gasteiger partial charge in [-0.15, -0.1) is 0 Å². The van der Waals surface area contributed by atoms with Crippen LogP contribution >= 0.6 is 0 Å². The third-order valence-corrected chi connectivity index (χ3v) is 3.49. The van der Waals surface area contributed by atoms with Crippen molar-refractivity contribution in [3.05, 3.63) is 0 Å². The highest BCUT2D eigenvalue weighted by atomic mass is 16.2. The van der Waals surface area contributed by atoms with Gasteiger partial charge >= 0.3 is 0 Å². The van der Waals surface area contributed by atoms with Crippen LogP contribution in [0.25, 0.3) is 0 Å². The summed E-state index contributed by atoms with van der Waals surface area (Å²) in [5.41, 5.74) is 0. The van der Waals surface area contributed by atoms with E-state index in [1.165, 1.54) is 11.9 Å². The number of imide groups is 1. The van der Waals surface area contributed by atoms with Crippen LogP contribution in [0.2, 0.25) is 0 Å². The van der Waals surface area contributed by atoms with Crippen LogP contribution in [0.1, 0.15) is 12.8 Å². The molecule has 0 unspecified atom stereocenters. The molecule has 0 radical (unpaired) electrons. The van der Waals surface area contributed by atoms with Crippen LogP contribution < -0.4 is 0 Å². The molecule has 2 aliphatic rings. The summed E-state index contributed by atoms with van der Waals surface area (Å²) in [5, 5.41) is 8.46. The lowest BCUT2D eigenvalue weighted by molar-refractivity contribution is -0.138. The zero-order valence-corrected chi connectivity index (χ0v) is 9.55. The molecule has 17 heavy (non-hydrogen) atoms.